The van der Waals surface area contributed by atoms with E-state index < -0.39 is 0 Å². The molecule has 2 N–H and O–H groups in total. The minimum Gasteiger partial charge on any atom is -0.506 e. The van der Waals surface area contributed by atoms with Crippen molar-refractivity contribution in [1.82, 2.24) is 9.97 Å². The van der Waals surface area contributed by atoms with Crippen LogP contribution in [0.5, 0.6) is 0 Å². The van der Waals surface area contributed by atoms with E-state index in [2.05, 4.69) is 9.97 Å². The Labute approximate surface area is 161 Å². The Morgan fingerprint density at radius 3 is 2.14 bits per heavy atom. The number of fused-ring (bicyclic) bond motifs is 1. The minimum absolute atomic E-state index is 0.0401. The first-order valence-corrected chi connectivity index (χ1v) is 8.66. The Hall–Kier alpha value is -4.17. The summed E-state index contributed by atoms with van der Waals surface area (Å²) >= 11 is 0. The number of H-pyrrole nitrogens is 1. The van der Waals surface area contributed by atoms with Crippen molar-refractivity contribution >= 4 is 28.1 Å². The lowest BCUT2D eigenvalue weighted by molar-refractivity contribution is 0.103. The number of aliphatic hydroxyl groups is 1. The molecule has 1 aromatic heterocycles. The van der Waals surface area contributed by atoms with Gasteiger partial charge in [-0.05, 0) is 12.1 Å². The fourth-order valence-electron chi connectivity index (χ4n) is 2.97. The topological polar surface area (TPSA) is 89.8 Å². The van der Waals surface area contributed by atoms with E-state index in [0.717, 1.165) is 5.52 Å². The van der Waals surface area contributed by atoms with Gasteiger partial charge in [-0.1, -0.05) is 66.7 Å². The van der Waals surface area contributed by atoms with Crippen LogP contribution in [-0.4, -0.2) is 20.9 Å². The third kappa shape index (κ3) is 3.15. The highest BCUT2D eigenvalue weighted by Crippen LogP contribution is 2.24. The van der Waals surface area contributed by atoms with Crippen LogP contribution >= 0.6 is 0 Å². The van der Waals surface area contributed by atoms with Crippen LogP contribution in [0.4, 0.5) is 0 Å². The first kappa shape index (κ1) is 17.3. The standard InChI is InChI=1S/C23H15N3O2/c24-14-18(23-25-19-8-4-5-9-20(19)26-23)22(28)17-12-10-16(11-13-17)21(27)15-6-2-1-3-7-15/h1-13,28H,(H,25,26)/b22-18+. The maximum absolute atomic E-state index is 12.5. The van der Waals surface area contributed by atoms with Gasteiger partial charge in [0.05, 0.1) is 11.0 Å². The largest absolute Gasteiger partial charge is 0.506 e. The van der Waals surface area contributed by atoms with Crippen molar-refractivity contribution in [2.24, 2.45) is 0 Å². The molecule has 0 unspecified atom stereocenters. The van der Waals surface area contributed by atoms with Crippen LogP contribution in [0.25, 0.3) is 22.4 Å². The molecule has 0 bridgehead atoms. The average molecular weight is 365 g/mol. The molecule has 0 saturated heterocycles. The van der Waals surface area contributed by atoms with E-state index >= 15 is 0 Å². The number of nitrogens with one attached hydrogen (secondary N) is 1. The highest BCUT2D eigenvalue weighted by atomic mass is 16.3. The Morgan fingerprint density at radius 1 is 0.857 bits per heavy atom. The molecule has 28 heavy (non-hydrogen) atoms. The summed E-state index contributed by atoms with van der Waals surface area (Å²) in [5, 5.41) is 20.2. The lowest BCUT2D eigenvalue weighted by Crippen LogP contribution is -2.01. The molecule has 0 radical (unpaired) electrons. The Kier molecular flexibility index (Phi) is 4.45. The molecule has 4 aromatic rings. The lowest BCUT2D eigenvalue weighted by atomic mass is 10.0. The lowest BCUT2D eigenvalue weighted by Gasteiger charge is -2.05. The summed E-state index contributed by atoms with van der Waals surface area (Å²) in [6, 6.07) is 24.9. The summed E-state index contributed by atoms with van der Waals surface area (Å²) in [6.45, 7) is 0. The molecule has 0 aliphatic heterocycles. The third-order valence-corrected chi connectivity index (χ3v) is 4.43. The number of hydrogen-bond donors (Lipinski definition) is 2. The van der Waals surface area contributed by atoms with E-state index in [1.54, 1.807) is 36.4 Å². The van der Waals surface area contributed by atoms with Crippen LogP contribution in [0.1, 0.15) is 27.3 Å². The van der Waals surface area contributed by atoms with Gasteiger partial charge in [-0.15, -0.1) is 0 Å². The van der Waals surface area contributed by atoms with Gasteiger partial charge in [0.1, 0.15) is 17.4 Å². The summed E-state index contributed by atoms with van der Waals surface area (Å²) in [4.78, 5) is 19.9. The van der Waals surface area contributed by atoms with Gasteiger partial charge in [-0.3, -0.25) is 4.79 Å². The smallest absolute Gasteiger partial charge is 0.193 e. The number of hydrogen-bond acceptors (Lipinski definition) is 4. The zero-order valence-corrected chi connectivity index (χ0v) is 14.8. The van der Waals surface area contributed by atoms with Crippen molar-refractivity contribution in [3.63, 3.8) is 0 Å². The van der Waals surface area contributed by atoms with Crippen LogP contribution in [0, 0.1) is 11.3 Å². The van der Waals surface area contributed by atoms with Crippen LogP contribution in [0.3, 0.4) is 0 Å². The van der Waals surface area contributed by atoms with Crippen molar-refractivity contribution in [2.45, 2.75) is 0 Å². The first-order valence-electron chi connectivity index (χ1n) is 8.66. The number of para-hydroxylation sites is 2. The number of nitrogens with zero attached hydrogens (tertiary/aromatic N) is 2. The quantitative estimate of drug-likeness (QED) is 0.310. The Bertz CT molecular complexity index is 1200. The number of carbonyl (C=O) groups is 1. The molecule has 0 aliphatic carbocycles. The second-order valence-corrected chi connectivity index (χ2v) is 6.21. The van der Waals surface area contributed by atoms with Crippen LogP contribution in [-0.2, 0) is 0 Å². The van der Waals surface area contributed by atoms with E-state index in [1.165, 1.54) is 0 Å². The molecule has 0 atom stereocenters. The number of nitriles is 1. The monoisotopic (exact) mass is 365 g/mol. The molecule has 0 saturated carbocycles. The summed E-state index contributed by atoms with van der Waals surface area (Å²) in [5.74, 6) is -0.000634. The van der Waals surface area contributed by atoms with Gasteiger partial charge >= 0.3 is 0 Å². The normalized spacial score (nSPS) is 11.7. The van der Waals surface area contributed by atoms with Gasteiger partial charge in [0.25, 0.3) is 0 Å². The van der Waals surface area contributed by atoms with Gasteiger partial charge in [0.2, 0.25) is 0 Å². The minimum atomic E-state index is -0.194. The predicted molar refractivity (Wildman–Crippen MR) is 107 cm³/mol. The van der Waals surface area contributed by atoms with Crippen molar-refractivity contribution in [3.05, 3.63) is 101 Å². The number of ketones is 1. The van der Waals surface area contributed by atoms with Crippen molar-refractivity contribution < 1.29 is 9.90 Å². The second kappa shape index (κ2) is 7.22. The maximum atomic E-state index is 12.5. The summed E-state index contributed by atoms with van der Waals surface area (Å²) in [7, 11) is 0. The van der Waals surface area contributed by atoms with E-state index in [4.69, 9.17) is 0 Å². The number of aromatic nitrogens is 2. The molecule has 0 amide bonds. The highest BCUT2D eigenvalue weighted by molar-refractivity contribution is 6.09. The fraction of sp³-hybridized carbons (Fsp3) is 0. The van der Waals surface area contributed by atoms with E-state index in [0.29, 0.717) is 28.0 Å². The molecule has 0 aliphatic rings. The van der Waals surface area contributed by atoms with Gasteiger partial charge in [-0.2, -0.15) is 5.26 Å². The molecule has 3 aromatic carbocycles. The number of carbonyl (C=O) groups excluding carboxylic acids is 1. The number of aliphatic hydroxyl groups excluding tert-OH is 1. The number of allylic oxidation sites excluding steroid dienone is 1. The van der Waals surface area contributed by atoms with Crippen molar-refractivity contribution in [2.75, 3.05) is 0 Å². The Morgan fingerprint density at radius 2 is 1.46 bits per heavy atom. The van der Waals surface area contributed by atoms with Gasteiger partial charge < -0.3 is 10.1 Å². The number of imidazole rings is 1. The molecule has 4 rings (SSSR count). The molecular weight excluding hydrogens is 350 g/mol. The van der Waals surface area contributed by atoms with E-state index in [-0.39, 0.29) is 17.1 Å². The first-order chi connectivity index (χ1) is 13.7. The second-order valence-electron chi connectivity index (χ2n) is 6.21. The summed E-state index contributed by atoms with van der Waals surface area (Å²) < 4.78 is 0. The molecule has 5 nitrogen and oxygen atoms in total. The third-order valence-electron chi connectivity index (χ3n) is 4.43. The molecular formula is C23H15N3O2. The van der Waals surface area contributed by atoms with E-state index in [9.17, 15) is 15.2 Å². The van der Waals surface area contributed by atoms with Crippen molar-refractivity contribution in [1.29, 1.82) is 5.26 Å². The SMILES string of the molecule is N#C/C(=C(\O)c1ccc(C(=O)c2ccccc2)cc1)c1nc2ccccc2[nH]1. The van der Waals surface area contributed by atoms with E-state index in [1.807, 2.05) is 48.5 Å². The van der Waals surface area contributed by atoms with Gasteiger partial charge in [0.15, 0.2) is 11.6 Å². The Balaban J connectivity index is 1.69. The molecule has 1 heterocycles. The van der Waals surface area contributed by atoms with Crippen molar-refractivity contribution in [3.8, 4) is 6.07 Å². The van der Waals surface area contributed by atoms with Gasteiger partial charge in [-0.25, -0.2) is 4.98 Å². The summed E-state index contributed by atoms with van der Waals surface area (Å²) in [5.41, 5.74) is 3.06. The number of rotatable bonds is 4. The zero-order valence-electron chi connectivity index (χ0n) is 14.8. The highest BCUT2D eigenvalue weighted by Gasteiger charge is 2.15. The summed E-state index contributed by atoms with van der Waals surface area (Å²) in [6.07, 6.45) is 0. The number of benzene rings is 3. The molecule has 134 valence electrons. The zero-order chi connectivity index (χ0) is 19.5. The predicted octanol–water partition coefficient (Wildman–Crippen LogP) is 4.74. The van der Waals surface area contributed by atoms with Crippen LogP contribution in [0.15, 0.2) is 78.9 Å². The maximum Gasteiger partial charge on any atom is 0.193 e. The average Bonchev–Trinajstić information content (AvgIpc) is 3.18. The fourth-order valence-corrected chi connectivity index (χ4v) is 2.97. The number of aromatic amines is 1. The van der Waals surface area contributed by atoms with Crippen LogP contribution < -0.4 is 0 Å². The van der Waals surface area contributed by atoms with Crippen LogP contribution in [0.2, 0.25) is 0 Å². The molecule has 0 fully saturated rings. The van der Waals surface area contributed by atoms with Gasteiger partial charge in [0, 0.05) is 16.7 Å². The molecule has 5 heteroatoms. The molecule has 0 spiro atoms.